The maximum atomic E-state index is 12.9. The number of rotatable bonds is 6. The van der Waals surface area contributed by atoms with Crippen LogP contribution in [0.3, 0.4) is 0 Å². The zero-order valence-corrected chi connectivity index (χ0v) is 17.6. The lowest BCUT2D eigenvalue weighted by Gasteiger charge is -2.15. The number of carbonyl (C=O) groups excluding carboxylic acids is 2. The Bertz CT molecular complexity index is 1020. The molecule has 1 unspecified atom stereocenters. The Morgan fingerprint density at radius 3 is 3.00 bits per heavy atom. The summed E-state index contributed by atoms with van der Waals surface area (Å²) in [5.41, 5.74) is 1.85. The minimum absolute atomic E-state index is 0.00960. The van der Waals surface area contributed by atoms with Gasteiger partial charge >= 0.3 is 5.97 Å². The van der Waals surface area contributed by atoms with Gasteiger partial charge < -0.3 is 14.6 Å². The van der Waals surface area contributed by atoms with Gasteiger partial charge in [-0.1, -0.05) is 40.3 Å². The van der Waals surface area contributed by atoms with Gasteiger partial charge in [-0.15, -0.1) is 0 Å². The van der Waals surface area contributed by atoms with Gasteiger partial charge in [0.1, 0.15) is 17.7 Å². The third-order valence-electron chi connectivity index (χ3n) is 4.35. The molecule has 1 fully saturated rings. The number of aromatic nitrogens is 1. The molecular weight excluding hydrogens is 442 g/mol. The number of ether oxygens (including phenoxy) is 1. The van der Waals surface area contributed by atoms with Crippen LogP contribution in [-0.4, -0.2) is 40.2 Å². The van der Waals surface area contributed by atoms with E-state index >= 15 is 0 Å². The van der Waals surface area contributed by atoms with E-state index in [-0.39, 0.29) is 18.1 Å². The van der Waals surface area contributed by atoms with E-state index in [9.17, 15) is 14.9 Å². The van der Waals surface area contributed by atoms with Crippen LogP contribution in [0.4, 0.5) is 0 Å². The maximum Gasteiger partial charge on any atom is 0.351 e. The molecule has 6 nitrogen and oxygen atoms in total. The van der Waals surface area contributed by atoms with Crippen molar-refractivity contribution in [1.82, 2.24) is 9.88 Å². The quantitative estimate of drug-likeness (QED) is 0.306. The number of hydrogen-bond donors (Lipinski definition) is 1. The number of benzene rings is 1. The van der Waals surface area contributed by atoms with Gasteiger partial charge in [-0.05, 0) is 37.1 Å². The smallest absolute Gasteiger partial charge is 0.351 e. The van der Waals surface area contributed by atoms with Crippen LogP contribution in [0, 0.1) is 11.3 Å². The van der Waals surface area contributed by atoms with E-state index < -0.39 is 11.2 Å². The highest BCUT2D eigenvalue weighted by atomic mass is 79.9. The standard InChI is InChI=1S/C20H18BrN3O3S/c1-3-7-27-20(26)15(10-22)19-24(4-2)18(25)17(28-19)8-12-11-23-16-6-5-13(21)9-14(12)16/h3,5-6,9,11,17,23H,1,4,7-8H2,2H3/b19-15-. The van der Waals surface area contributed by atoms with Crippen LogP contribution >= 0.6 is 27.7 Å². The van der Waals surface area contributed by atoms with Crippen LogP contribution in [0.25, 0.3) is 10.9 Å². The lowest BCUT2D eigenvalue weighted by molar-refractivity contribution is -0.137. The number of fused-ring (bicyclic) bond motifs is 1. The predicted molar refractivity (Wildman–Crippen MR) is 112 cm³/mol. The number of aromatic amines is 1. The van der Waals surface area contributed by atoms with Crippen LogP contribution in [0.2, 0.25) is 0 Å². The first-order chi connectivity index (χ1) is 13.5. The van der Waals surface area contributed by atoms with Gasteiger partial charge in [-0.3, -0.25) is 4.79 Å². The molecule has 28 heavy (non-hydrogen) atoms. The molecule has 1 amide bonds. The number of amides is 1. The SMILES string of the molecule is C=CCOC(=O)/C(C#N)=C1\SC(Cc2c[nH]c3ccc(Br)cc23)C(=O)N1CC. The highest BCUT2D eigenvalue weighted by Crippen LogP contribution is 2.39. The van der Waals surface area contributed by atoms with Crippen LogP contribution in [0.15, 0.2) is 52.1 Å². The summed E-state index contributed by atoms with van der Waals surface area (Å²) in [6.45, 7) is 5.69. The van der Waals surface area contributed by atoms with Crippen LogP contribution in [0.1, 0.15) is 12.5 Å². The van der Waals surface area contributed by atoms with Gasteiger partial charge in [0, 0.05) is 28.1 Å². The lowest BCUT2D eigenvalue weighted by Crippen LogP contribution is -2.30. The summed E-state index contributed by atoms with van der Waals surface area (Å²) in [7, 11) is 0. The normalized spacial score (nSPS) is 18.2. The number of H-pyrrole nitrogens is 1. The Morgan fingerprint density at radius 2 is 2.32 bits per heavy atom. The number of thioether (sulfide) groups is 1. The largest absolute Gasteiger partial charge is 0.457 e. The Hall–Kier alpha value is -2.50. The molecule has 0 saturated carbocycles. The van der Waals surface area contributed by atoms with E-state index in [4.69, 9.17) is 4.74 Å². The highest BCUT2D eigenvalue weighted by molar-refractivity contribution is 9.10. The molecular formula is C20H18BrN3O3S. The van der Waals surface area contributed by atoms with E-state index in [0.29, 0.717) is 18.0 Å². The lowest BCUT2D eigenvalue weighted by atomic mass is 10.1. The van der Waals surface area contributed by atoms with Crippen LogP contribution in [0.5, 0.6) is 0 Å². The average Bonchev–Trinajstić information content (AvgIpc) is 3.22. The number of halogens is 1. The van der Waals surface area contributed by atoms with E-state index in [1.165, 1.54) is 22.7 Å². The molecule has 2 heterocycles. The summed E-state index contributed by atoms with van der Waals surface area (Å²) in [5, 5.41) is 10.5. The van der Waals surface area contributed by atoms with Crippen molar-refractivity contribution in [3.63, 3.8) is 0 Å². The van der Waals surface area contributed by atoms with Crippen molar-refractivity contribution >= 4 is 50.5 Å². The zero-order chi connectivity index (χ0) is 20.3. The summed E-state index contributed by atoms with van der Waals surface area (Å²) in [4.78, 5) is 29.8. The first-order valence-electron chi connectivity index (χ1n) is 8.66. The fourth-order valence-corrected chi connectivity index (χ4v) is 4.77. The summed E-state index contributed by atoms with van der Waals surface area (Å²) in [5.74, 6) is -0.857. The van der Waals surface area contributed by atoms with Crippen molar-refractivity contribution in [2.75, 3.05) is 13.2 Å². The van der Waals surface area contributed by atoms with Crippen molar-refractivity contribution in [1.29, 1.82) is 5.26 Å². The molecule has 1 aliphatic heterocycles. The molecule has 0 bridgehead atoms. The number of carbonyl (C=O) groups is 2. The van der Waals surface area contributed by atoms with Gasteiger partial charge in [0.25, 0.3) is 0 Å². The zero-order valence-electron chi connectivity index (χ0n) is 15.2. The van der Waals surface area contributed by atoms with Crippen molar-refractivity contribution in [3.05, 3.63) is 57.7 Å². The first-order valence-corrected chi connectivity index (χ1v) is 10.3. The second-order valence-electron chi connectivity index (χ2n) is 6.08. The Morgan fingerprint density at radius 1 is 1.54 bits per heavy atom. The van der Waals surface area contributed by atoms with E-state index in [1.54, 1.807) is 0 Å². The number of nitrogens with one attached hydrogen (secondary N) is 1. The molecule has 2 aromatic rings. The van der Waals surface area contributed by atoms with Gasteiger partial charge in [0.05, 0.1) is 5.25 Å². The molecule has 3 rings (SSSR count). The fourth-order valence-electron chi connectivity index (χ4n) is 3.05. The first kappa shape index (κ1) is 20.2. The van der Waals surface area contributed by atoms with Gasteiger partial charge in [0.2, 0.25) is 5.91 Å². The highest BCUT2D eigenvalue weighted by Gasteiger charge is 2.39. The maximum absolute atomic E-state index is 12.9. The minimum atomic E-state index is -0.743. The average molecular weight is 460 g/mol. The second-order valence-corrected chi connectivity index (χ2v) is 8.18. The molecule has 0 spiro atoms. The molecule has 1 N–H and O–H groups in total. The minimum Gasteiger partial charge on any atom is -0.457 e. The topological polar surface area (TPSA) is 86.2 Å². The van der Waals surface area contributed by atoms with Gasteiger partial charge in [0.15, 0.2) is 5.57 Å². The monoisotopic (exact) mass is 459 g/mol. The predicted octanol–water partition coefficient (Wildman–Crippen LogP) is 3.90. The van der Waals surface area contributed by atoms with Gasteiger partial charge in [-0.2, -0.15) is 5.26 Å². The molecule has 1 aliphatic rings. The fraction of sp³-hybridized carbons (Fsp3) is 0.250. The Balaban J connectivity index is 1.91. The number of esters is 1. The molecule has 0 radical (unpaired) electrons. The van der Waals surface area contributed by atoms with Crippen molar-refractivity contribution in [2.24, 2.45) is 0 Å². The summed E-state index contributed by atoms with van der Waals surface area (Å²) < 4.78 is 5.95. The molecule has 1 saturated heterocycles. The Kier molecular flexibility index (Phi) is 6.27. The summed E-state index contributed by atoms with van der Waals surface area (Å²) in [6, 6.07) is 7.83. The van der Waals surface area contributed by atoms with Crippen LogP contribution < -0.4 is 0 Å². The number of hydrogen-bond acceptors (Lipinski definition) is 5. The van der Waals surface area contributed by atoms with Crippen molar-refractivity contribution in [2.45, 2.75) is 18.6 Å². The van der Waals surface area contributed by atoms with Crippen LogP contribution in [-0.2, 0) is 20.7 Å². The second kappa shape index (κ2) is 8.67. The summed E-state index contributed by atoms with van der Waals surface area (Å²) >= 11 is 4.71. The third kappa shape index (κ3) is 3.86. The van der Waals surface area contributed by atoms with Crippen molar-refractivity contribution < 1.29 is 14.3 Å². The molecule has 1 aromatic carbocycles. The number of nitrogens with zero attached hydrogens (tertiary/aromatic N) is 2. The van der Waals surface area contributed by atoms with Gasteiger partial charge in [-0.25, -0.2) is 4.79 Å². The van der Waals surface area contributed by atoms with E-state index in [0.717, 1.165) is 20.9 Å². The summed E-state index contributed by atoms with van der Waals surface area (Å²) in [6.07, 6.45) is 3.81. The molecule has 8 heteroatoms. The molecule has 0 aliphatic carbocycles. The molecule has 1 aromatic heterocycles. The molecule has 144 valence electrons. The van der Waals surface area contributed by atoms with Crippen molar-refractivity contribution in [3.8, 4) is 6.07 Å². The van der Waals surface area contributed by atoms with E-state index in [1.807, 2.05) is 37.4 Å². The molecule has 1 atom stereocenters. The third-order valence-corrected chi connectivity index (χ3v) is 6.15. The number of nitriles is 1. The van der Waals surface area contributed by atoms with E-state index in [2.05, 4.69) is 27.5 Å². The Labute approximate surface area is 175 Å².